The molecule has 0 aliphatic carbocycles. The molecule has 14 heavy (non-hydrogen) atoms. The summed E-state index contributed by atoms with van der Waals surface area (Å²) in [6.45, 7) is 7.64. The van der Waals surface area contributed by atoms with Crippen LogP contribution in [0.25, 0.3) is 0 Å². The van der Waals surface area contributed by atoms with Crippen molar-refractivity contribution >= 4 is 0 Å². The first-order valence-electron chi connectivity index (χ1n) is 5.08. The Morgan fingerprint density at radius 3 is 2.29 bits per heavy atom. The van der Waals surface area contributed by atoms with Gasteiger partial charge in [-0.2, -0.15) is 0 Å². The van der Waals surface area contributed by atoms with Crippen LogP contribution in [-0.4, -0.2) is 10.2 Å². The number of aromatic hydroxyl groups is 1. The van der Waals surface area contributed by atoms with Crippen molar-refractivity contribution in [3.8, 4) is 5.75 Å². The van der Waals surface area contributed by atoms with E-state index in [0.29, 0.717) is 6.42 Å². The standard InChI is InChI=1S/C10H14O2.C2H6/c1-3-10(2,12)8-5-4-6-9(11)7-8;1-2/h4-7,11-12H,3H2,1-2H3;1-2H3/t10-;/m1./s1. The first kappa shape index (κ1) is 13.0. The fraction of sp³-hybridized carbons (Fsp3) is 0.500. The van der Waals surface area contributed by atoms with Crippen LogP contribution in [0.5, 0.6) is 5.75 Å². The number of benzene rings is 1. The van der Waals surface area contributed by atoms with Gasteiger partial charge < -0.3 is 10.2 Å². The van der Waals surface area contributed by atoms with Gasteiger partial charge >= 0.3 is 0 Å². The molecule has 0 aromatic heterocycles. The molecule has 0 amide bonds. The van der Waals surface area contributed by atoms with E-state index in [2.05, 4.69) is 0 Å². The molecule has 1 atom stereocenters. The number of aliphatic hydroxyl groups is 1. The molecule has 0 unspecified atom stereocenters. The second-order valence-corrected chi connectivity index (χ2v) is 3.18. The lowest BCUT2D eigenvalue weighted by Crippen LogP contribution is -2.19. The van der Waals surface area contributed by atoms with Crippen molar-refractivity contribution in [3.05, 3.63) is 29.8 Å². The SMILES string of the molecule is CC.CC[C@@](C)(O)c1cccc(O)c1. The predicted molar refractivity (Wildman–Crippen MR) is 59.3 cm³/mol. The lowest BCUT2D eigenvalue weighted by atomic mass is 9.93. The number of phenolic OH excluding ortho intramolecular Hbond substituents is 1. The van der Waals surface area contributed by atoms with Crippen LogP contribution in [0.2, 0.25) is 0 Å². The predicted octanol–water partition coefficient (Wildman–Crippen LogP) is 3.04. The van der Waals surface area contributed by atoms with Crippen molar-refractivity contribution < 1.29 is 10.2 Å². The van der Waals surface area contributed by atoms with Gasteiger partial charge in [0.25, 0.3) is 0 Å². The number of rotatable bonds is 2. The highest BCUT2D eigenvalue weighted by Gasteiger charge is 2.20. The molecule has 0 heterocycles. The zero-order valence-electron chi connectivity index (χ0n) is 9.41. The summed E-state index contributed by atoms with van der Waals surface area (Å²) in [4.78, 5) is 0. The summed E-state index contributed by atoms with van der Waals surface area (Å²) in [5.74, 6) is 0.196. The first-order valence-corrected chi connectivity index (χ1v) is 5.08. The Kier molecular flexibility index (Phi) is 5.24. The lowest BCUT2D eigenvalue weighted by molar-refractivity contribution is 0.0528. The summed E-state index contributed by atoms with van der Waals surface area (Å²) >= 11 is 0. The molecular formula is C12H20O2. The van der Waals surface area contributed by atoms with E-state index in [1.807, 2.05) is 26.8 Å². The van der Waals surface area contributed by atoms with Crippen molar-refractivity contribution in [1.82, 2.24) is 0 Å². The van der Waals surface area contributed by atoms with Crippen molar-refractivity contribution in [3.63, 3.8) is 0 Å². The number of phenols is 1. The van der Waals surface area contributed by atoms with Gasteiger partial charge in [-0.15, -0.1) is 0 Å². The number of hydrogen-bond acceptors (Lipinski definition) is 2. The van der Waals surface area contributed by atoms with Crippen LogP contribution in [0.4, 0.5) is 0 Å². The average Bonchev–Trinajstić information content (AvgIpc) is 2.21. The Balaban J connectivity index is 0.000000791. The summed E-state index contributed by atoms with van der Waals surface area (Å²) in [5.41, 5.74) is -0.0800. The maximum absolute atomic E-state index is 9.81. The Morgan fingerprint density at radius 1 is 1.29 bits per heavy atom. The highest BCUT2D eigenvalue weighted by Crippen LogP contribution is 2.26. The van der Waals surface area contributed by atoms with E-state index in [0.717, 1.165) is 5.56 Å². The summed E-state index contributed by atoms with van der Waals surface area (Å²) in [6.07, 6.45) is 0.635. The molecule has 0 bridgehead atoms. The molecule has 0 saturated carbocycles. The van der Waals surface area contributed by atoms with E-state index in [-0.39, 0.29) is 5.75 Å². The molecule has 80 valence electrons. The smallest absolute Gasteiger partial charge is 0.115 e. The molecule has 0 spiro atoms. The van der Waals surface area contributed by atoms with Crippen LogP contribution in [0.1, 0.15) is 39.7 Å². The Morgan fingerprint density at radius 2 is 1.86 bits per heavy atom. The molecule has 0 fully saturated rings. The quantitative estimate of drug-likeness (QED) is 0.763. The molecule has 0 aliphatic heterocycles. The van der Waals surface area contributed by atoms with Gasteiger partial charge in [-0.05, 0) is 31.0 Å². The second kappa shape index (κ2) is 5.66. The van der Waals surface area contributed by atoms with Gasteiger partial charge in [-0.1, -0.05) is 32.9 Å². The van der Waals surface area contributed by atoms with E-state index in [4.69, 9.17) is 5.11 Å². The summed E-state index contributed by atoms with van der Waals surface area (Å²) in [5, 5.41) is 19.0. The van der Waals surface area contributed by atoms with Gasteiger partial charge in [0.1, 0.15) is 5.75 Å². The van der Waals surface area contributed by atoms with E-state index in [9.17, 15) is 5.11 Å². The largest absolute Gasteiger partial charge is 0.508 e. The monoisotopic (exact) mass is 196 g/mol. The van der Waals surface area contributed by atoms with Crippen molar-refractivity contribution in [2.24, 2.45) is 0 Å². The molecule has 2 nitrogen and oxygen atoms in total. The van der Waals surface area contributed by atoms with Crippen LogP contribution in [0.15, 0.2) is 24.3 Å². The molecule has 0 radical (unpaired) electrons. The van der Waals surface area contributed by atoms with Crippen LogP contribution < -0.4 is 0 Å². The topological polar surface area (TPSA) is 40.5 Å². The van der Waals surface area contributed by atoms with Crippen molar-refractivity contribution in [2.75, 3.05) is 0 Å². The third-order valence-corrected chi connectivity index (χ3v) is 2.16. The molecule has 1 aromatic carbocycles. The summed E-state index contributed by atoms with van der Waals surface area (Å²) in [7, 11) is 0. The molecule has 2 N–H and O–H groups in total. The first-order chi connectivity index (χ1) is 6.56. The second-order valence-electron chi connectivity index (χ2n) is 3.18. The molecular weight excluding hydrogens is 176 g/mol. The van der Waals surface area contributed by atoms with Gasteiger partial charge in [0.15, 0.2) is 0 Å². The van der Waals surface area contributed by atoms with Crippen LogP contribution in [-0.2, 0) is 5.60 Å². The van der Waals surface area contributed by atoms with Gasteiger partial charge in [-0.25, -0.2) is 0 Å². The molecule has 0 aliphatic rings. The third kappa shape index (κ3) is 3.38. The zero-order chi connectivity index (χ0) is 11.2. The number of hydrogen-bond donors (Lipinski definition) is 2. The zero-order valence-corrected chi connectivity index (χ0v) is 9.41. The van der Waals surface area contributed by atoms with E-state index in [1.165, 1.54) is 0 Å². The van der Waals surface area contributed by atoms with E-state index < -0.39 is 5.60 Å². The fourth-order valence-corrected chi connectivity index (χ4v) is 1.05. The van der Waals surface area contributed by atoms with Crippen LogP contribution >= 0.6 is 0 Å². The highest BCUT2D eigenvalue weighted by atomic mass is 16.3. The molecule has 1 aromatic rings. The maximum atomic E-state index is 9.81. The molecule has 0 saturated heterocycles. The van der Waals surface area contributed by atoms with Crippen LogP contribution in [0, 0.1) is 0 Å². The van der Waals surface area contributed by atoms with E-state index >= 15 is 0 Å². The van der Waals surface area contributed by atoms with Crippen LogP contribution in [0.3, 0.4) is 0 Å². The fourth-order valence-electron chi connectivity index (χ4n) is 1.05. The minimum atomic E-state index is -0.835. The normalized spacial score (nSPS) is 13.8. The average molecular weight is 196 g/mol. The summed E-state index contributed by atoms with van der Waals surface area (Å²) < 4.78 is 0. The maximum Gasteiger partial charge on any atom is 0.115 e. The third-order valence-electron chi connectivity index (χ3n) is 2.16. The van der Waals surface area contributed by atoms with Gasteiger partial charge in [0.2, 0.25) is 0 Å². The Labute approximate surface area is 86.2 Å². The Bertz CT molecular complexity index is 267. The van der Waals surface area contributed by atoms with Gasteiger partial charge in [0.05, 0.1) is 5.60 Å². The van der Waals surface area contributed by atoms with Gasteiger partial charge in [0, 0.05) is 0 Å². The molecule has 1 rings (SSSR count). The lowest BCUT2D eigenvalue weighted by Gasteiger charge is -2.21. The highest BCUT2D eigenvalue weighted by molar-refractivity contribution is 5.30. The minimum absolute atomic E-state index is 0.196. The van der Waals surface area contributed by atoms with Crippen molar-refractivity contribution in [1.29, 1.82) is 0 Å². The van der Waals surface area contributed by atoms with E-state index in [1.54, 1.807) is 25.1 Å². The van der Waals surface area contributed by atoms with Gasteiger partial charge in [-0.3, -0.25) is 0 Å². The van der Waals surface area contributed by atoms with Crippen molar-refractivity contribution in [2.45, 2.75) is 39.7 Å². The minimum Gasteiger partial charge on any atom is -0.508 e. The molecule has 2 heteroatoms. The summed E-state index contributed by atoms with van der Waals surface area (Å²) in [6, 6.07) is 6.72. The Hall–Kier alpha value is -1.02.